The number of esters is 1. The lowest BCUT2D eigenvalue weighted by Crippen LogP contribution is -2.27. The van der Waals surface area contributed by atoms with Crippen LogP contribution in [-0.2, 0) is 17.8 Å². The van der Waals surface area contributed by atoms with Crippen LogP contribution in [0.5, 0.6) is 0 Å². The molecule has 0 fully saturated rings. The van der Waals surface area contributed by atoms with E-state index >= 15 is 0 Å². The molecule has 35 heavy (non-hydrogen) atoms. The summed E-state index contributed by atoms with van der Waals surface area (Å²) in [6, 6.07) is 11.1. The maximum atomic E-state index is 13.0. The smallest absolute Gasteiger partial charge is 0.390 e. The first-order chi connectivity index (χ1) is 16.7. The molecule has 0 amide bonds. The van der Waals surface area contributed by atoms with Crippen LogP contribution in [0.2, 0.25) is 5.02 Å². The van der Waals surface area contributed by atoms with Crippen molar-refractivity contribution in [3.63, 3.8) is 0 Å². The molecular weight excluding hydrogens is 491 g/mol. The molecule has 0 saturated carbocycles. The van der Waals surface area contributed by atoms with Gasteiger partial charge in [-0.15, -0.1) is 10.2 Å². The summed E-state index contributed by atoms with van der Waals surface area (Å²) in [6.45, 7) is -0.953. The van der Waals surface area contributed by atoms with Gasteiger partial charge in [-0.3, -0.25) is 4.57 Å². The number of aromatic nitrogens is 7. The van der Waals surface area contributed by atoms with E-state index in [1.54, 1.807) is 30.3 Å². The minimum absolute atomic E-state index is 0.00119. The minimum atomic E-state index is -4.47. The molecule has 0 saturated heterocycles. The van der Waals surface area contributed by atoms with Gasteiger partial charge < -0.3 is 4.74 Å². The van der Waals surface area contributed by atoms with Crippen LogP contribution in [0.3, 0.4) is 0 Å². The first-order valence-corrected chi connectivity index (χ1v) is 10.5. The second kappa shape index (κ2) is 9.70. The standard InChI is InChI=1S/C21H17ClF3N7O3/c1-35-19(33)18-27-15(28-32(18)16-4-2-3-10-26-16)12-31-20(34)30(11-9-21(23,24)25)17(29-31)13-5-7-14(22)8-6-13/h2-8,10H,9,11-12H2,1H3. The van der Waals surface area contributed by atoms with Gasteiger partial charge in [0.25, 0.3) is 0 Å². The average Bonchev–Trinajstić information content (AvgIpc) is 3.39. The maximum absolute atomic E-state index is 13.0. The Morgan fingerprint density at radius 2 is 1.86 bits per heavy atom. The zero-order chi connectivity index (χ0) is 25.2. The van der Waals surface area contributed by atoms with E-state index in [4.69, 9.17) is 16.3 Å². The van der Waals surface area contributed by atoms with Crippen LogP contribution >= 0.6 is 11.6 Å². The number of pyridine rings is 1. The third-order valence-corrected chi connectivity index (χ3v) is 5.07. The van der Waals surface area contributed by atoms with Crippen LogP contribution in [0, 0.1) is 0 Å². The highest BCUT2D eigenvalue weighted by molar-refractivity contribution is 6.30. The number of ether oxygens (including phenoxy) is 1. The highest BCUT2D eigenvalue weighted by atomic mass is 35.5. The van der Waals surface area contributed by atoms with E-state index in [0.29, 0.717) is 10.6 Å². The fourth-order valence-corrected chi connectivity index (χ4v) is 3.34. The normalized spacial score (nSPS) is 11.6. The van der Waals surface area contributed by atoms with Gasteiger partial charge in [0.1, 0.15) is 6.54 Å². The molecule has 0 atom stereocenters. The molecule has 0 unspecified atom stereocenters. The Hall–Kier alpha value is -4.00. The second-order valence-corrected chi connectivity index (χ2v) is 7.67. The summed E-state index contributed by atoms with van der Waals surface area (Å²) in [4.78, 5) is 33.5. The number of halogens is 4. The average molecular weight is 508 g/mol. The summed E-state index contributed by atoms with van der Waals surface area (Å²) in [5.41, 5.74) is -0.400. The zero-order valence-electron chi connectivity index (χ0n) is 18.1. The van der Waals surface area contributed by atoms with Gasteiger partial charge in [0.2, 0.25) is 5.82 Å². The highest BCUT2D eigenvalue weighted by Gasteiger charge is 2.29. The van der Waals surface area contributed by atoms with E-state index in [9.17, 15) is 22.8 Å². The molecule has 0 radical (unpaired) electrons. The van der Waals surface area contributed by atoms with Crippen LogP contribution in [0.25, 0.3) is 17.2 Å². The molecule has 1 aromatic carbocycles. The fourth-order valence-electron chi connectivity index (χ4n) is 3.21. The molecule has 3 aromatic heterocycles. The Morgan fingerprint density at radius 3 is 2.49 bits per heavy atom. The second-order valence-electron chi connectivity index (χ2n) is 7.23. The van der Waals surface area contributed by atoms with Crippen molar-refractivity contribution >= 4 is 17.6 Å². The topological polar surface area (TPSA) is 110 Å². The number of rotatable bonds is 7. The first kappa shape index (κ1) is 24.1. The molecule has 0 bridgehead atoms. The lowest BCUT2D eigenvalue weighted by Gasteiger charge is -2.08. The zero-order valence-corrected chi connectivity index (χ0v) is 18.9. The van der Waals surface area contributed by atoms with E-state index < -0.39 is 30.8 Å². The van der Waals surface area contributed by atoms with Gasteiger partial charge >= 0.3 is 17.8 Å². The third-order valence-electron chi connectivity index (χ3n) is 4.82. The predicted octanol–water partition coefficient (Wildman–Crippen LogP) is 3.13. The van der Waals surface area contributed by atoms with Gasteiger partial charge in [0, 0.05) is 23.3 Å². The molecule has 14 heteroatoms. The van der Waals surface area contributed by atoms with E-state index in [-0.39, 0.29) is 29.8 Å². The maximum Gasteiger partial charge on any atom is 0.390 e. The van der Waals surface area contributed by atoms with Crippen LogP contribution < -0.4 is 5.69 Å². The SMILES string of the molecule is COC(=O)c1nc(Cn2nc(-c3ccc(Cl)cc3)n(CCC(F)(F)F)c2=O)nn1-c1ccccn1. The van der Waals surface area contributed by atoms with Crippen molar-refractivity contribution in [3.05, 3.63) is 75.8 Å². The van der Waals surface area contributed by atoms with Crippen molar-refractivity contribution in [3.8, 4) is 17.2 Å². The summed E-state index contributed by atoms with van der Waals surface area (Å²) < 4.78 is 46.4. The summed E-state index contributed by atoms with van der Waals surface area (Å²) in [6.07, 6.45) is -4.21. The van der Waals surface area contributed by atoms with Crippen molar-refractivity contribution in [2.75, 3.05) is 7.11 Å². The first-order valence-electron chi connectivity index (χ1n) is 10.1. The number of hydrogen-bond donors (Lipinski definition) is 0. The van der Waals surface area contributed by atoms with Crippen LogP contribution in [0.1, 0.15) is 22.9 Å². The molecule has 4 aromatic rings. The number of methoxy groups -OCH3 is 1. The fraction of sp³-hybridized carbons (Fsp3) is 0.238. The van der Waals surface area contributed by atoms with Gasteiger partial charge in [-0.25, -0.2) is 24.2 Å². The van der Waals surface area contributed by atoms with Crippen LogP contribution in [-0.4, -0.2) is 53.4 Å². The van der Waals surface area contributed by atoms with Crippen LogP contribution in [0.4, 0.5) is 13.2 Å². The monoisotopic (exact) mass is 507 g/mol. The largest absolute Gasteiger partial charge is 0.463 e. The highest BCUT2D eigenvalue weighted by Crippen LogP contribution is 2.23. The molecule has 0 aliphatic carbocycles. The van der Waals surface area contributed by atoms with Crippen molar-refractivity contribution in [1.29, 1.82) is 0 Å². The van der Waals surface area contributed by atoms with E-state index in [1.165, 1.54) is 25.4 Å². The van der Waals surface area contributed by atoms with Crippen molar-refractivity contribution in [1.82, 2.24) is 34.1 Å². The summed E-state index contributed by atoms with van der Waals surface area (Å²) >= 11 is 5.90. The van der Waals surface area contributed by atoms with E-state index in [2.05, 4.69) is 20.2 Å². The van der Waals surface area contributed by atoms with Gasteiger partial charge in [0.05, 0.1) is 13.5 Å². The number of carbonyl (C=O) groups excluding carboxylic acids is 1. The Kier molecular flexibility index (Phi) is 6.69. The number of hydrogen-bond acceptors (Lipinski definition) is 7. The minimum Gasteiger partial charge on any atom is -0.463 e. The third kappa shape index (κ3) is 5.40. The lowest BCUT2D eigenvalue weighted by atomic mass is 10.2. The Labute approximate surface area is 200 Å². The van der Waals surface area contributed by atoms with Crippen molar-refractivity contribution < 1.29 is 22.7 Å². The molecule has 10 nitrogen and oxygen atoms in total. The van der Waals surface area contributed by atoms with E-state index in [1.807, 2.05) is 0 Å². The van der Waals surface area contributed by atoms with Gasteiger partial charge in [-0.2, -0.15) is 17.9 Å². The van der Waals surface area contributed by atoms with Crippen LogP contribution in [0.15, 0.2) is 53.5 Å². The van der Waals surface area contributed by atoms with Crippen molar-refractivity contribution in [2.24, 2.45) is 0 Å². The summed E-state index contributed by atoms with van der Waals surface area (Å²) in [5, 5.41) is 8.86. The quantitative estimate of drug-likeness (QED) is 0.353. The van der Waals surface area contributed by atoms with Crippen molar-refractivity contribution in [2.45, 2.75) is 25.7 Å². The molecule has 0 N–H and O–H groups in total. The van der Waals surface area contributed by atoms with Gasteiger partial charge in [-0.05, 0) is 36.4 Å². The number of benzene rings is 1. The predicted molar refractivity (Wildman–Crippen MR) is 117 cm³/mol. The summed E-state index contributed by atoms with van der Waals surface area (Å²) in [5.74, 6) is -0.686. The Morgan fingerprint density at radius 1 is 1.11 bits per heavy atom. The Bertz CT molecular complexity index is 1400. The van der Waals surface area contributed by atoms with Gasteiger partial charge in [-0.1, -0.05) is 17.7 Å². The van der Waals surface area contributed by atoms with Gasteiger partial charge in [0.15, 0.2) is 17.5 Å². The number of carbonyl (C=O) groups is 1. The Balaban J connectivity index is 1.75. The number of nitrogens with zero attached hydrogens (tertiary/aromatic N) is 7. The molecular formula is C21H17ClF3N7O3. The number of alkyl halides is 3. The molecule has 0 aliphatic rings. The molecule has 4 rings (SSSR count). The van der Waals surface area contributed by atoms with E-state index in [0.717, 1.165) is 13.9 Å². The molecule has 182 valence electrons. The molecule has 0 spiro atoms. The lowest BCUT2D eigenvalue weighted by molar-refractivity contribution is -0.136. The molecule has 3 heterocycles. The molecule has 0 aliphatic heterocycles. The summed E-state index contributed by atoms with van der Waals surface area (Å²) in [7, 11) is 1.17.